The molecule has 3 heterocycles. The van der Waals surface area contributed by atoms with E-state index < -0.39 is 11.7 Å². The van der Waals surface area contributed by atoms with Gasteiger partial charge in [0.05, 0.1) is 27.0 Å². The molecule has 0 bridgehead atoms. The number of aromatic nitrogens is 3. The average molecular weight is 706 g/mol. The molecular weight excluding hydrogens is 662 g/mol. The number of likely N-dealkylation sites (N-methyl/N-ethyl adjacent to an activating group) is 1. The summed E-state index contributed by atoms with van der Waals surface area (Å²) < 4.78 is 9.44. The van der Waals surface area contributed by atoms with Gasteiger partial charge in [-0.25, -0.2) is 4.98 Å². The smallest absolute Gasteiger partial charge is 0.163 e. The van der Waals surface area contributed by atoms with Crippen molar-refractivity contribution in [2.45, 2.75) is 53.2 Å². The Morgan fingerprint density at radius 2 is 1.56 bits per heavy atom. The Kier molecular flexibility index (Phi) is 9.10. The van der Waals surface area contributed by atoms with Gasteiger partial charge in [0.15, 0.2) is 5.78 Å². The minimum absolute atomic E-state index is 0.0346. The van der Waals surface area contributed by atoms with Crippen LogP contribution in [0.5, 0.6) is 0 Å². The summed E-state index contributed by atoms with van der Waals surface area (Å²) in [6, 6.07) is 23.4. The first kappa shape index (κ1) is 34.4. The largest absolute Gasteiger partial charge is 0.369 e. The van der Waals surface area contributed by atoms with E-state index in [1.54, 1.807) is 18.3 Å². The predicted molar refractivity (Wildman–Crippen MR) is 209 cm³/mol. The summed E-state index contributed by atoms with van der Waals surface area (Å²) in [5.74, 6) is -0.0346. The van der Waals surface area contributed by atoms with E-state index in [0.717, 1.165) is 96.9 Å². The number of rotatable bonds is 7. The fourth-order valence-corrected chi connectivity index (χ4v) is 8.28. The highest BCUT2D eigenvalue weighted by molar-refractivity contribution is 7.22. The van der Waals surface area contributed by atoms with E-state index in [1.165, 1.54) is 5.69 Å². The second kappa shape index (κ2) is 13.2. The third kappa shape index (κ3) is 6.70. The van der Waals surface area contributed by atoms with E-state index in [2.05, 4.69) is 78.3 Å². The van der Waals surface area contributed by atoms with Gasteiger partial charge >= 0.3 is 0 Å². The van der Waals surface area contributed by atoms with E-state index >= 15 is 0 Å². The Labute approximate surface area is 303 Å². The number of hydrogen-bond donors (Lipinski definition) is 0. The molecule has 50 heavy (non-hydrogen) atoms. The van der Waals surface area contributed by atoms with Gasteiger partial charge in [-0.1, -0.05) is 29.8 Å². The van der Waals surface area contributed by atoms with Crippen molar-refractivity contribution in [3.8, 4) is 32.8 Å². The van der Waals surface area contributed by atoms with Crippen molar-refractivity contribution in [2.24, 2.45) is 7.05 Å². The fraction of sp³-hybridized carbons (Fsp3) is 0.341. The average Bonchev–Trinajstić information content (AvgIpc) is 3.62. The third-order valence-corrected chi connectivity index (χ3v) is 11.0. The lowest BCUT2D eigenvalue weighted by Gasteiger charge is -2.34. The molecular formula is C41H44ClN5O2S. The molecule has 2 aromatic heterocycles. The quantitative estimate of drug-likeness (QED) is 0.165. The Morgan fingerprint density at radius 3 is 2.24 bits per heavy atom. The predicted octanol–water partition coefficient (Wildman–Crippen LogP) is 9.65. The zero-order valence-electron chi connectivity index (χ0n) is 30.1. The highest BCUT2D eigenvalue weighted by atomic mass is 35.5. The van der Waals surface area contributed by atoms with Gasteiger partial charge in [0.1, 0.15) is 11.1 Å². The van der Waals surface area contributed by atoms with Gasteiger partial charge in [-0.05, 0) is 119 Å². The van der Waals surface area contributed by atoms with Crippen LogP contribution in [-0.2, 0) is 16.6 Å². The minimum Gasteiger partial charge on any atom is -0.369 e. The van der Waals surface area contributed by atoms with Crippen molar-refractivity contribution in [3.05, 3.63) is 88.6 Å². The summed E-state index contributed by atoms with van der Waals surface area (Å²) in [7, 11) is 4.18. The second-order valence-corrected chi connectivity index (χ2v) is 16.0. The number of thiazole rings is 1. The molecule has 1 aliphatic heterocycles. The molecule has 1 aliphatic rings. The summed E-state index contributed by atoms with van der Waals surface area (Å²) in [5.41, 5.74) is 10.9. The molecule has 0 amide bonds. The summed E-state index contributed by atoms with van der Waals surface area (Å²) >= 11 is 8.03. The number of piperazine rings is 1. The van der Waals surface area contributed by atoms with Gasteiger partial charge in [-0.3, -0.25) is 9.48 Å². The molecule has 1 saturated heterocycles. The maximum absolute atomic E-state index is 13.3. The Bertz CT molecular complexity index is 2240. The molecule has 0 radical (unpaired) electrons. The zero-order valence-corrected chi connectivity index (χ0v) is 31.7. The number of fused-ring (bicyclic) bond motifs is 2. The van der Waals surface area contributed by atoms with Gasteiger partial charge in [0.25, 0.3) is 0 Å². The van der Waals surface area contributed by atoms with Gasteiger partial charge in [-0.2, -0.15) is 5.10 Å². The van der Waals surface area contributed by atoms with Crippen LogP contribution in [0.3, 0.4) is 0 Å². The normalized spacial score (nSPS) is 14.9. The first-order chi connectivity index (χ1) is 23.8. The number of carbonyl (C=O) groups excluding carboxylic acids is 1. The van der Waals surface area contributed by atoms with Crippen molar-refractivity contribution < 1.29 is 9.53 Å². The minimum atomic E-state index is -0.728. The van der Waals surface area contributed by atoms with Gasteiger partial charge in [0, 0.05) is 66.0 Å². The van der Waals surface area contributed by atoms with Crippen LogP contribution in [0.2, 0.25) is 5.02 Å². The zero-order chi connectivity index (χ0) is 35.5. The van der Waals surface area contributed by atoms with Crippen molar-refractivity contribution >= 4 is 55.5 Å². The number of hydrogen-bond acceptors (Lipinski definition) is 7. The fourth-order valence-electron chi connectivity index (χ4n) is 7.04. The monoisotopic (exact) mass is 705 g/mol. The standard InChI is InChI=1S/C41H44ClN5O2S/c1-24-19-34-39(37(27-9-12-31(42)13-10-27)36(24)38(26(3)48)49-41(4,5)6)50-40(43-34)30-20-29(21-32(22-30)47-17-15-45(7)16-18-47)28-11-14-35-33(23-28)25(2)44-46(35)8/h9-14,19-23,38H,15-18H2,1-8H3/t38-/m1/s1. The third-order valence-electron chi connectivity index (χ3n) is 9.57. The second-order valence-electron chi connectivity index (χ2n) is 14.6. The Morgan fingerprint density at radius 1 is 0.880 bits per heavy atom. The molecule has 0 aliphatic carbocycles. The van der Waals surface area contributed by atoms with Crippen LogP contribution in [0.4, 0.5) is 5.69 Å². The van der Waals surface area contributed by atoms with E-state index in [9.17, 15) is 4.79 Å². The highest BCUT2D eigenvalue weighted by Gasteiger charge is 2.30. The van der Waals surface area contributed by atoms with Crippen molar-refractivity contribution in [3.63, 3.8) is 0 Å². The maximum atomic E-state index is 13.3. The molecule has 0 spiro atoms. The summed E-state index contributed by atoms with van der Waals surface area (Å²) in [6.07, 6.45) is -0.728. The number of Topliss-reactive ketones (excluding diaryl/α,β-unsaturated/α-hetero) is 1. The topological polar surface area (TPSA) is 63.5 Å². The molecule has 6 aromatic rings. The Balaban J connectivity index is 1.44. The number of carbonyl (C=O) groups is 1. The SMILES string of the molecule is CC(=O)[C@@H](OC(C)(C)C)c1c(C)cc2nc(-c3cc(-c4ccc5c(c4)c(C)nn5C)cc(N4CCN(C)CC4)c3)sc2c1-c1ccc(Cl)cc1. The molecule has 0 saturated carbocycles. The van der Waals surface area contributed by atoms with Crippen LogP contribution in [-0.4, -0.2) is 64.3 Å². The number of aryl methyl sites for hydroxylation is 3. The van der Waals surface area contributed by atoms with E-state index in [-0.39, 0.29) is 5.78 Å². The number of ketones is 1. The molecule has 258 valence electrons. The molecule has 1 atom stereocenters. The van der Waals surface area contributed by atoms with Crippen LogP contribution in [0.1, 0.15) is 50.6 Å². The van der Waals surface area contributed by atoms with Crippen molar-refractivity contribution in [2.75, 3.05) is 38.1 Å². The van der Waals surface area contributed by atoms with Crippen molar-refractivity contribution in [1.82, 2.24) is 19.7 Å². The lowest BCUT2D eigenvalue weighted by molar-refractivity contribution is -0.138. The summed E-state index contributed by atoms with van der Waals surface area (Å²) in [4.78, 5) is 23.4. The molecule has 4 aromatic carbocycles. The molecule has 9 heteroatoms. The maximum Gasteiger partial charge on any atom is 0.163 e. The van der Waals surface area contributed by atoms with Crippen LogP contribution < -0.4 is 4.90 Å². The van der Waals surface area contributed by atoms with Gasteiger partial charge in [0.2, 0.25) is 0 Å². The number of ether oxygens (including phenoxy) is 1. The van der Waals surface area contributed by atoms with Crippen LogP contribution in [0.15, 0.2) is 66.7 Å². The molecule has 7 nitrogen and oxygen atoms in total. The number of anilines is 1. The summed E-state index contributed by atoms with van der Waals surface area (Å²) in [5, 5.41) is 7.41. The number of halogens is 1. The summed E-state index contributed by atoms with van der Waals surface area (Å²) in [6.45, 7) is 15.6. The lowest BCUT2D eigenvalue weighted by Crippen LogP contribution is -2.44. The first-order valence-electron chi connectivity index (χ1n) is 17.2. The van der Waals surface area contributed by atoms with Gasteiger partial charge < -0.3 is 14.5 Å². The van der Waals surface area contributed by atoms with E-state index in [4.69, 9.17) is 21.3 Å². The molecule has 0 N–H and O–H groups in total. The number of benzene rings is 4. The Hall–Kier alpha value is -4.08. The van der Waals surface area contributed by atoms with Crippen LogP contribution in [0, 0.1) is 13.8 Å². The first-order valence-corrected chi connectivity index (χ1v) is 18.4. The lowest BCUT2D eigenvalue weighted by atomic mass is 9.90. The van der Waals surface area contributed by atoms with Crippen LogP contribution >= 0.6 is 22.9 Å². The molecule has 0 unspecified atom stereocenters. The van der Waals surface area contributed by atoms with E-state index in [0.29, 0.717) is 5.02 Å². The van der Waals surface area contributed by atoms with Crippen molar-refractivity contribution in [1.29, 1.82) is 0 Å². The van der Waals surface area contributed by atoms with E-state index in [1.807, 2.05) is 56.8 Å². The van der Waals surface area contributed by atoms with Gasteiger partial charge in [-0.15, -0.1) is 11.3 Å². The molecule has 7 rings (SSSR count). The van der Waals surface area contributed by atoms with Crippen LogP contribution in [0.25, 0.3) is 53.9 Å². The number of nitrogens with zero attached hydrogens (tertiary/aromatic N) is 5. The highest BCUT2D eigenvalue weighted by Crippen LogP contribution is 2.45. The molecule has 1 fully saturated rings.